The van der Waals surface area contributed by atoms with Crippen LogP contribution in [0.25, 0.3) is 0 Å². The summed E-state index contributed by atoms with van der Waals surface area (Å²) in [5, 5.41) is 0. The van der Waals surface area contributed by atoms with Crippen LogP contribution in [0.4, 0.5) is 0 Å². The van der Waals surface area contributed by atoms with E-state index in [4.69, 9.17) is 0 Å². The second-order valence-electron chi connectivity index (χ2n) is 3.50. The summed E-state index contributed by atoms with van der Waals surface area (Å²) in [6, 6.07) is 0. The van der Waals surface area contributed by atoms with Crippen LogP contribution in [0, 0.1) is 5.92 Å². The normalized spacial score (nSPS) is 19.3. The highest BCUT2D eigenvalue weighted by Gasteiger charge is 2.08. The molecule has 0 aromatic carbocycles. The monoisotopic (exact) mass is 208 g/mol. The van der Waals surface area contributed by atoms with Crippen LogP contribution in [0.3, 0.4) is 0 Å². The molecule has 15 heavy (non-hydrogen) atoms. The van der Waals surface area contributed by atoms with Gasteiger partial charge in [-0.25, -0.2) is 0 Å². The minimum Gasteiger partial charge on any atom is -0.277 e. The second kappa shape index (κ2) is 6.81. The Kier molecular flexibility index (Phi) is 5.22. The van der Waals surface area contributed by atoms with Gasteiger partial charge in [-0.05, 0) is 25.2 Å². The number of allylic oxidation sites excluding steroid dienone is 4. The van der Waals surface area contributed by atoms with Gasteiger partial charge in [-0.3, -0.25) is 20.4 Å². The number of hydrazine groups is 1. The van der Waals surface area contributed by atoms with Crippen molar-refractivity contribution in [2.24, 2.45) is 5.92 Å². The molecule has 4 nitrogen and oxygen atoms in total. The van der Waals surface area contributed by atoms with Gasteiger partial charge in [0.05, 0.1) is 0 Å². The van der Waals surface area contributed by atoms with Gasteiger partial charge in [0.1, 0.15) is 0 Å². The Balaban J connectivity index is 2.18. The van der Waals surface area contributed by atoms with Crippen molar-refractivity contribution in [1.29, 1.82) is 0 Å². The summed E-state index contributed by atoms with van der Waals surface area (Å²) in [7, 11) is 0. The quantitative estimate of drug-likeness (QED) is 0.524. The van der Waals surface area contributed by atoms with E-state index in [1.165, 1.54) is 0 Å². The molecule has 0 heterocycles. The standard InChI is InChI=1S/C11H16N2O2/c14-9-12-13-11(15)8-7-10-5-3-1-2-4-6-10/h1-3,5,9-10H,4,6-8H2,(H,12,14)(H,13,15). The maximum absolute atomic E-state index is 11.2. The summed E-state index contributed by atoms with van der Waals surface area (Å²) in [6.45, 7) is 0. The van der Waals surface area contributed by atoms with Gasteiger partial charge in [0, 0.05) is 6.42 Å². The van der Waals surface area contributed by atoms with Crippen LogP contribution in [0.1, 0.15) is 25.7 Å². The first-order valence-corrected chi connectivity index (χ1v) is 5.14. The van der Waals surface area contributed by atoms with Crippen molar-refractivity contribution in [3.05, 3.63) is 24.3 Å². The molecule has 2 amide bonds. The van der Waals surface area contributed by atoms with Crippen LogP contribution in [0.15, 0.2) is 24.3 Å². The van der Waals surface area contributed by atoms with Gasteiger partial charge >= 0.3 is 0 Å². The van der Waals surface area contributed by atoms with Gasteiger partial charge in [0.25, 0.3) is 0 Å². The molecule has 0 aromatic heterocycles. The number of carbonyl (C=O) groups is 2. The van der Waals surface area contributed by atoms with E-state index in [1.54, 1.807) is 0 Å². The third-order valence-electron chi connectivity index (χ3n) is 2.35. The van der Waals surface area contributed by atoms with E-state index in [1.807, 2.05) is 12.2 Å². The second-order valence-corrected chi connectivity index (χ2v) is 3.50. The lowest BCUT2D eigenvalue weighted by Gasteiger charge is -2.09. The summed E-state index contributed by atoms with van der Waals surface area (Å²) in [5.74, 6) is 0.315. The molecule has 1 unspecified atom stereocenters. The Hall–Kier alpha value is -1.58. The van der Waals surface area contributed by atoms with Crippen LogP contribution in [0.2, 0.25) is 0 Å². The topological polar surface area (TPSA) is 58.2 Å². The Morgan fingerprint density at radius 2 is 2.33 bits per heavy atom. The average Bonchev–Trinajstić information content (AvgIpc) is 2.51. The lowest BCUT2D eigenvalue weighted by molar-refractivity contribution is -0.124. The number of carbonyl (C=O) groups excluding carboxylic acids is 2. The number of hydrogen-bond donors (Lipinski definition) is 2. The molecule has 1 rings (SSSR count). The molecule has 2 N–H and O–H groups in total. The molecule has 0 fully saturated rings. The van der Waals surface area contributed by atoms with E-state index < -0.39 is 0 Å². The molecule has 0 saturated carbocycles. The van der Waals surface area contributed by atoms with E-state index in [9.17, 15) is 9.59 Å². The Morgan fingerprint density at radius 1 is 1.47 bits per heavy atom. The van der Waals surface area contributed by atoms with Crippen molar-refractivity contribution in [1.82, 2.24) is 10.9 Å². The highest BCUT2D eigenvalue weighted by atomic mass is 16.2. The summed E-state index contributed by atoms with van der Waals surface area (Å²) < 4.78 is 0. The molecular formula is C11H16N2O2. The van der Waals surface area contributed by atoms with Crippen LogP contribution in [-0.4, -0.2) is 12.3 Å². The highest BCUT2D eigenvalue weighted by molar-refractivity contribution is 5.76. The summed E-state index contributed by atoms with van der Waals surface area (Å²) in [6.07, 6.45) is 12.2. The molecule has 1 aliphatic carbocycles. The molecule has 0 saturated heterocycles. The zero-order valence-corrected chi connectivity index (χ0v) is 8.61. The van der Waals surface area contributed by atoms with Crippen LogP contribution in [-0.2, 0) is 9.59 Å². The number of rotatable bonds is 5. The van der Waals surface area contributed by atoms with E-state index in [2.05, 4.69) is 23.0 Å². The molecule has 0 spiro atoms. The van der Waals surface area contributed by atoms with E-state index >= 15 is 0 Å². The zero-order chi connectivity index (χ0) is 10.9. The Labute approximate surface area is 89.4 Å². The van der Waals surface area contributed by atoms with Gasteiger partial charge in [-0.2, -0.15) is 0 Å². The Bertz CT molecular complexity index is 272. The largest absolute Gasteiger partial charge is 0.277 e. The van der Waals surface area contributed by atoms with Gasteiger partial charge in [-0.1, -0.05) is 24.3 Å². The SMILES string of the molecule is O=CNNC(=O)CCC1C=CC=CCC1. The van der Waals surface area contributed by atoms with Crippen LogP contribution < -0.4 is 10.9 Å². The Morgan fingerprint density at radius 3 is 3.13 bits per heavy atom. The lowest BCUT2D eigenvalue weighted by atomic mass is 9.98. The fourth-order valence-corrected chi connectivity index (χ4v) is 1.53. The molecule has 1 aliphatic rings. The van der Waals surface area contributed by atoms with Gasteiger partial charge < -0.3 is 0 Å². The minimum absolute atomic E-state index is 0.146. The van der Waals surface area contributed by atoms with E-state index in [0.29, 0.717) is 18.7 Å². The van der Waals surface area contributed by atoms with Crippen molar-refractivity contribution < 1.29 is 9.59 Å². The van der Waals surface area contributed by atoms with Gasteiger partial charge in [0.15, 0.2) is 0 Å². The van der Waals surface area contributed by atoms with Crippen LogP contribution >= 0.6 is 0 Å². The molecule has 0 aromatic rings. The first-order chi connectivity index (χ1) is 7.33. The van der Waals surface area contributed by atoms with Crippen LogP contribution in [0.5, 0.6) is 0 Å². The summed E-state index contributed by atoms with van der Waals surface area (Å²) >= 11 is 0. The third-order valence-corrected chi connectivity index (χ3v) is 2.35. The number of nitrogens with one attached hydrogen (secondary N) is 2. The maximum Gasteiger partial charge on any atom is 0.238 e. The number of hydrogen-bond acceptors (Lipinski definition) is 2. The molecule has 0 radical (unpaired) electrons. The van der Waals surface area contributed by atoms with E-state index in [-0.39, 0.29) is 5.91 Å². The highest BCUT2D eigenvalue weighted by Crippen LogP contribution is 2.17. The molecule has 0 aliphatic heterocycles. The lowest BCUT2D eigenvalue weighted by Crippen LogP contribution is -2.36. The predicted molar refractivity (Wildman–Crippen MR) is 57.6 cm³/mol. The molecule has 0 bridgehead atoms. The molecule has 1 atom stereocenters. The first-order valence-electron chi connectivity index (χ1n) is 5.14. The van der Waals surface area contributed by atoms with Crippen molar-refractivity contribution in [3.8, 4) is 0 Å². The predicted octanol–water partition coefficient (Wildman–Crippen LogP) is 1.07. The molecule has 4 heteroatoms. The smallest absolute Gasteiger partial charge is 0.238 e. The zero-order valence-electron chi connectivity index (χ0n) is 8.61. The van der Waals surface area contributed by atoms with Gasteiger partial charge in [0.2, 0.25) is 12.3 Å². The van der Waals surface area contributed by atoms with E-state index in [0.717, 1.165) is 19.3 Å². The summed E-state index contributed by atoms with van der Waals surface area (Å²) in [4.78, 5) is 21.1. The third kappa shape index (κ3) is 5.00. The fraction of sp³-hybridized carbons (Fsp3) is 0.455. The maximum atomic E-state index is 11.2. The van der Waals surface area contributed by atoms with Crippen molar-refractivity contribution in [2.45, 2.75) is 25.7 Å². The van der Waals surface area contributed by atoms with Crippen molar-refractivity contribution in [2.75, 3.05) is 0 Å². The van der Waals surface area contributed by atoms with Crippen molar-refractivity contribution in [3.63, 3.8) is 0 Å². The first kappa shape index (κ1) is 11.5. The summed E-state index contributed by atoms with van der Waals surface area (Å²) in [5.41, 5.74) is 4.43. The van der Waals surface area contributed by atoms with Gasteiger partial charge in [-0.15, -0.1) is 0 Å². The fourth-order valence-electron chi connectivity index (χ4n) is 1.53. The van der Waals surface area contributed by atoms with Crippen molar-refractivity contribution >= 4 is 12.3 Å². The average molecular weight is 208 g/mol. The molecular weight excluding hydrogens is 192 g/mol. The minimum atomic E-state index is -0.146. The molecule has 82 valence electrons. The number of amides is 2.